The van der Waals surface area contributed by atoms with E-state index in [1.807, 2.05) is 19.9 Å². The minimum atomic E-state index is -2.88. The number of halogens is 2. The van der Waals surface area contributed by atoms with Gasteiger partial charge in [0, 0.05) is 36.1 Å². The molecule has 5 atom stereocenters. The number of likely N-dealkylation sites (tertiary alicyclic amines) is 1. The molecule has 4 N–H and O–H groups in total. The average Bonchev–Trinajstić information content (AvgIpc) is 3.20. The van der Waals surface area contributed by atoms with E-state index < -0.39 is 71.9 Å². The summed E-state index contributed by atoms with van der Waals surface area (Å²) in [5.74, 6) is -6.35. The fraction of sp³-hybridized carbons (Fsp3) is 0.586. The zero-order valence-electron chi connectivity index (χ0n) is 23.8. The summed E-state index contributed by atoms with van der Waals surface area (Å²) in [6.45, 7) is 9.63. The summed E-state index contributed by atoms with van der Waals surface area (Å²) in [6.07, 6.45) is 0.435. The number of primary amides is 1. The van der Waals surface area contributed by atoms with E-state index in [0.717, 1.165) is 0 Å². The number of nitrogens with two attached hydrogens (primary N) is 1. The highest BCUT2D eigenvalue weighted by atomic mass is 19.3. The highest BCUT2D eigenvalue weighted by molar-refractivity contribution is 5.97. The maximum Gasteiger partial charge on any atom is 0.249 e. The van der Waals surface area contributed by atoms with Gasteiger partial charge in [-0.05, 0) is 22.7 Å². The van der Waals surface area contributed by atoms with E-state index in [0.29, 0.717) is 10.8 Å². The lowest BCUT2D eigenvalue weighted by Gasteiger charge is -2.40. The molecule has 10 nitrogen and oxygen atoms in total. The van der Waals surface area contributed by atoms with Gasteiger partial charge in [-0.1, -0.05) is 58.9 Å². The summed E-state index contributed by atoms with van der Waals surface area (Å²) >= 11 is 0. The normalized spacial score (nSPS) is 25.9. The number of hydrogen-bond acceptors (Lipinski definition) is 6. The summed E-state index contributed by atoms with van der Waals surface area (Å²) in [5, 5.41) is 14.8. The number of rotatable bonds is 7. The molecule has 0 bridgehead atoms. The average molecular weight is 571 g/mol. The third kappa shape index (κ3) is 5.12. The van der Waals surface area contributed by atoms with Crippen LogP contribution in [0.25, 0.3) is 10.8 Å². The van der Waals surface area contributed by atoms with Crippen LogP contribution in [0.5, 0.6) is 0 Å². The van der Waals surface area contributed by atoms with Gasteiger partial charge in [-0.2, -0.15) is 10.2 Å². The van der Waals surface area contributed by atoms with E-state index in [9.17, 15) is 28.0 Å². The number of nitrogens with one attached hydrogen (secondary N) is 2. The van der Waals surface area contributed by atoms with Crippen molar-refractivity contribution in [1.82, 2.24) is 25.7 Å². The van der Waals surface area contributed by atoms with Crippen molar-refractivity contribution in [3.63, 3.8) is 0 Å². The molecule has 1 saturated heterocycles. The molecule has 0 spiro atoms. The molecule has 2 saturated carbocycles. The zero-order valence-corrected chi connectivity index (χ0v) is 23.8. The van der Waals surface area contributed by atoms with Gasteiger partial charge < -0.3 is 21.3 Å². The Bertz CT molecular complexity index is 1410. The first-order valence-electron chi connectivity index (χ1n) is 13.8. The smallest absolute Gasteiger partial charge is 0.249 e. The number of alkyl halides is 2. The minimum absolute atomic E-state index is 0.0354. The van der Waals surface area contributed by atoms with E-state index >= 15 is 0 Å². The predicted octanol–water partition coefficient (Wildman–Crippen LogP) is 2.33. The Morgan fingerprint density at radius 1 is 1.07 bits per heavy atom. The number of benzene rings is 1. The third-order valence-corrected chi connectivity index (χ3v) is 9.06. The SMILES string of the molecule is CC(C)(C)[C@H](NC(=O)C1CC(F)(F)C1)C(=O)N1C[C@H]2[C@@H]([C@H]1C(=O)NC(C(N)=O)c1nncc3ccccc13)C2(C)C. The Balaban J connectivity index is 1.41. The van der Waals surface area contributed by atoms with Crippen LogP contribution in [0.1, 0.15) is 59.2 Å². The second-order valence-corrected chi connectivity index (χ2v) is 13.3. The van der Waals surface area contributed by atoms with Crippen molar-refractivity contribution in [2.75, 3.05) is 6.54 Å². The zero-order chi connectivity index (χ0) is 30.1. The summed E-state index contributed by atoms with van der Waals surface area (Å²) in [5.41, 5.74) is 4.93. The van der Waals surface area contributed by atoms with Crippen LogP contribution in [0.15, 0.2) is 30.5 Å². The van der Waals surface area contributed by atoms with Crippen LogP contribution < -0.4 is 16.4 Å². The number of nitrogens with zero attached hydrogens (tertiary/aromatic N) is 3. The van der Waals surface area contributed by atoms with E-state index in [2.05, 4.69) is 20.8 Å². The first kappa shape index (κ1) is 28.8. The summed E-state index contributed by atoms with van der Waals surface area (Å²) in [6, 6.07) is 3.86. The van der Waals surface area contributed by atoms with E-state index in [1.165, 1.54) is 4.90 Å². The molecule has 0 radical (unpaired) electrons. The molecule has 1 aromatic carbocycles. The molecule has 12 heteroatoms. The number of amides is 4. The Morgan fingerprint density at radius 2 is 1.73 bits per heavy atom. The number of fused-ring (bicyclic) bond motifs is 2. The fourth-order valence-corrected chi connectivity index (χ4v) is 6.50. The van der Waals surface area contributed by atoms with Crippen molar-refractivity contribution in [1.29, 1.82) is 0 Å². The number of hydrogen-bond donors (Lipinski definition) is 3. The van der Waals surface area contributed by atoms with Crippen molar-refractivity contribution in [2.45, 2.75) is 71.5 Å². The second kappa shape index (κ2) is 9.70. The highest BCUT2D eigenvalue weighted by Gasteiger charge is 2.70. The van der Waals surface area contributed by atoms with Gasteiger partial charge in [-0.25, -0.2) is 8.78 Å². The third-order valence-electron chi connectivity index (χ3n) is 9.06. The molecule has 1 unspecified atom stereocenters. The monoisotopic (exact) mass is 570 g/mol. The van der Waals surface area contributed by atoms with Crippen molar-refractivity contribution in [2.24, 2.45) is 34.3 Å². The first-order valence-corrected chi connectivity index (χ1v) is 13.8. The summed E-state index contributed by atoms with van der Waals surface area (Å²) < 4.78 is 26.8. The molecule has 2 heterocycles. The number of carbonyl (C=O) groups excluding carboxylic acids is 4. The first-order chi connectivity index (χ1) is 19.0. The van der Waals surface area contributed by atoms with Crippen LogP contribution in [-0.4, -0.2) is 63.3 Å². The van der Waals surface area contributed by atoms with Crippen LogP contribution >= 0.6 is 0 Å². The maximum atomic E-state index is 14.0. The summed E-state index contributed by atoms with van der Waals surface area (Å²) in [4.78, 5) is 54.8. The predicted molar refractivity (Wildman–Crippen MR) is 145 cm³/mol. The number of carbonyl (C=O) groups is 4. The van der Waals surface area contributed by atoms with Crippen LogP contribution in [0, 0.1) is 28.6 Å². The maximum absolute atomic E-state index is 14.0. The fourth-order valence-electron chi connectivity index (χ4n) is 6.50. The van der Waals surface area contributed by atoms with Crippen molar-refractivity contribution in [3.8, 4) is 0 Å². The van der Waals surface area contributed by atoms with Gasteiger partial charge in [0.15, 0.2) is 6.04 Å². The molecule has 1 aromatic heterocycles. The second-order valence-electron chi connectivity index (χ2n) is 13.3. The van der Waals surface area contributed by atoms with Crippen LogP contribution in [0.4, 0.5) is 8.78 Å². The van der Waals surface area contributed by atoms with Crippen LogP contribution in [-0.2, 0) is 19.2 Å². The summed E-state index contributed by atoms with van der Waals surface area (Å²) in [7, 11) is 0. The molecule has 3 aliphatic rings. The van der Waals surface area contributed by atoms with Crippen molar-refractivity contribution in [3.05, 3.63) is 36.2 Å². The molecule has 3 fully saturated rings. The standard InChI is InChI=1S/C29H36F2N6O4/c1-27(2,3)22(35-24(39)15-10-29(30,31)11-15)26(41)37-13-17-18(28(17,4)5)21(37)25(40)34-20(23(32)38)19-16-9-7-6-8-14(16)12-33-36-19/h6-9,12,15,17-18,20-22H,10-11,13H2,1-5H3,(H2,32,38)(H,34,40)(H,35,39)/t17-,18-,20?,21-,22+/m0/s1. The molecule has 41 heavy (non-hydrogen) atoms. The molecule has 1 aliphatic heterocycles. The van der Waals surface area contributed by atoms with Crippen LogP contribution in [0.2, 0.25) is 0 Å². The number of piperidine rings is 1. The van der Waals surface area contributed by atoms with Crippen LogP contribution in [0.3, 0.4) is 0 Å². The molecule has 2 aliphatic carbocycles. The lowest BCUT2D eigenvalue weighted by atomic mass is 9.79. The van der Waals surface area contributed by atoms with Crippen molar-refractivity contribution < 1.29 is 28.0 Å². The number of aromatic nitrogens is 2. The Morgan fingerprint density at radius 3 is 2.34 bits per heavy atom. The van der Waals surface area contributed by atoms with E-state index in [1.54, 1.807) is 45.2 Å². The Hall–Kier alpha value is -3.70. The molecular formula is C29H36F2N6O4. The molecular weight excluding hydrogens is 534 g/mol. The Kier molecular flexibility index (Phi) is 6.81. The van der Waals surface area contributed by atoms with Gasteiger partial charge in [0.25, 0.3) is 0 Å². The largest absolute Gasteiger partial charge is 0.368 e. The van der Waals surface area contributed by atoms with Gasteiger partial charge in [0.05, 0.1) is 6.20 Å². The minimum Gasteiger partial charge on any atom is -0.368 e. The Labute approximate surface area is 236 Å². The van der Waals surface area contributed by atoms with E-state index in [-0.39, 0.29) is 29.5 Å². The van der Waals surface area contributed by atoms with Gasteiger partial charge in [-0.15, -0.1) is 0 Å². The lowest BCUT2D eigenvalue weighted by molar-refractivity contribution is -0.155. The van der Waals surface area contributed by atoms with Gasteiger partial charge >= 0.3 is 0 Å². The molecule has 4 amide bonds. The van der Waals surface area contributed by atoms with E-state index in [4.69, 9.17) is 5.73 Å². The quantitative estimate of drug-likeness (QED) is 0.466. The molecule has 5 rings (SSSR count). The van der Waals surface area contributed by atoms with Gasteiger partial charge in [0.2, 0.25) is 29.6 Å². The molecule has 220 valence electrons. The highest BCUT2D eigenvalue weighted by Crippen LogP contribution is 2.65. The van der Waals surface area contributed by atoms with Crippen molar-refractivity contribution >= 4 is 34.4 Å². The van der Waals surface area contributed by atoms with Gasteiger partial charge in [-0.3, -0.25) is 19.2 Å². The van der Waals surface area contributed by atoms with Gasteiger partial charge in [0.1, 0.15) is 17.8 Å². The topological polar surface area (TPSA) is 147 Å². The lowest BCUT2D eigenvalue weighted by Crippen LogP contribution is -2.61. The molecule has 2 aromatic rings.